The zero-order valence-corrected chi connectivity index (χ0v) is 14.3. The lowest BCUT2D eigenvalue weighted by atomic mass is 9.67. The van der Waals surface area contributed by atoms with Crippen LogP contribution >= 0.6 is 0 Å². The molecule has 0 saturated heterocycles. The minimum atomic E-state index is -0.387. The van der Waals surface area contributed by atoms with Gasteiger partial charge in [0.1, 0.15) is 0 Å². The average molecular weight is 270 g/mol. The van der Waals surface area contributed by atoms with Crippen LogP contribution in [0.5, 0.6) is 0 Å². The van der Waals surface area contributed by atoms with Crippen molar-refractivity contribution >= 4 is 5.97 Å². The highest BCUT2D eigenvalue weighted by Crippen LogP contribution is 2.42. The number of hydrogen-bond donors (Lipinski definition) is 0. The van der Waals surface area contributed by atoms with Crippen LogP contribution in [0.2, 0.25) is 0 Å². The van der Waals surface area contributed by atoms with Crippen molar-refractivity contribution in [2.45, 2.75) is 87.2 Å². The van der Waals surface area contributed by atoms with Gasteiger partial charge in [-0.25, -0.2) is 0 Å². The maximum atomic E-state index is 12.6. The van der Waals surface area contributed by atoms with E-state index in [0.717, 1.165) is 25.7 Å². The van der Waals surface area contributed by atoms with Gasteiger partial charge in [0.15, 0.2) is 0 Å². The predicted molar refractivity (Wildman–Crippen MR) is 82.1 cm³/mol. The van der Waals surface area contributed by atoms with Gasteiger partial charge in [0.2, 0.25) is 0 Å². The molecule has 2 nitrogen and oxygen atoms in total. The predicted octanol–water partition coefficient (Wildman–Crippen LogP) is 5.21. The second-order valence-electron chi connectivity index (χ2n) is 7.27. The van der Waals surface area contributed by atoms with Crippen molar-refractivity contribution in [2.24, 2.45) is 16.7 Å². The zero-order valence-electron chi connectivity index (χ0n) is 14.3. The molecule has 0 amide bonds. The lowest BCUT2D eigenvalue weighted by Gasteiger charge is -2.38. The maximum Gasteiger partial charge on any atom is 0.312 e. The molecule has 0 radical (unpaired) electrons. The summed E-state index contributed by atoms with van der Waals surface area (Å²) in [6.45, 7) is 17.1. The fraction of sp³-hybridized carbons (Fsp3) is 0.941. The summed E-state index contributed by atoms with van der Waals surface area (Å²) >= 11 is 0. The first-order valence-corrected chi connectivity index (χ1v) is 7.80. The molecule has 19 heavy (non-hydrogen) atoms. The van der Waals surface area contributed by atoms with E-state index >= 15 is 0 Å². The number of hydrogen-bond acceptors (Lipinski definition) is 2. The van der Waals surface area contributed by atoms with E-state index < -0.39 is 0 Å². The highest BCUT2D eigenvalue weighted by atomic mass is 16.5. The van der Waals surface area contributed by atoms with Gasteiger partial charge in [0.25, 0.3) is 0 Å². The third-order valence-electron chi connectivity index (χ3n) is 4.55. The van der Waals surface area contributed by atoms with Gasteiger partial charge in [-0.3, -0.25) is 4.79 Å². The van der Waals surface area contributed by atoms with Crippen LogP contribution in [0.25, 0.3) is 0 Å². The summed E-state index contributed by atoms with van der Waals surface area (Å²) in [6, 6.07) is 0. The molecule has 0 aliphatic rings. The second-order valence-corrected chi connectivity index (χ2v) is 7.27. The molecule has 0 spiro atoms. The third-order valence-corrected chi connectivity index (χ3v) is 4.55. The van der Waals surface area contributed by atoms with Crippen LogP contribution in [0, 0.1) is 16.7 Å². The first-order chi connectivity index (χ1) is 8.59. The molecule has 0 aliphatic carbocycles. The molecule has 0 N–H and O–H groups in total. The summed E-state index contributed by atoms with van der Waals surface area (Å²) in [5.41, 5.74) is -0.215. The van der Waals surface area contributed by atoms with Gasteiger partial charge in [-0.1, -0.05) is 54.4 Å². The van der Waals surface area contributed by atoms with Crippen LogP contribution in [0.4, 0.5) is 0 Å². The molecule has 0 rings (SSSR count). The Morgan fingerprint density at radius 3 is 2.00 bits per heavy atom. The minimum absolute atomic E-state index is 0.0232. The Labute approximate surface area is 120 Å². The topological polar surface area (TPSA) is 26.3 Å². The highest BCUT2D eigenvalue weighted by molar-refractivity contribution is 5.77. The van der Waals surface area contributed by atoms with Crippen molar-refractivity contribution in [1.82, 2.24) is 0 Å². The van der Waals surface area contributed by atoms with Gasteiger partial charge < -0.3 is 4.74 Å². The molecule has 0 heterocycles. The van der Waals surface area contributed by atoms with E-state index in [1.165, 1.54) is 0 Å². The third kappa shape index (κ3) is 5.54. The number of rotatable bonds is 8. The Morgan fingerprint density at radius 2 is 1.63 bits per heavy atom. The second kappa shape index (κ2) is 7.31. The lowest BCUT2D eigenvalue weighted by molar-refractivity contribution is -0.165. The van der Waals surface area contributed by atoms with Crippen LogP contribution in [0.1, 0.15) is 81.1 Å². The zero-order chi connectivity index (χ0) is 15.3. The normalized spacial score (nSPS) is 17.1. The molecule has 0 aromatic carbocycles. The van der Waals surface area contributed by atoms with Gasteiger partial charge in [-0.15, -0.1) is 0 Å². The van der Waals surface area contributed by atoms with Crippen LogP contribution in [0.15, 0.2) is 0 Å². The Bertz CT molecular complexity index is 281. The van der Waals surface area contributed by atoms with Crippen molar-refractivity contribution in [3.8, 4) is 0 Å². The molecule has 0 aliphatic heterocycles. The number of carbonyl (C=O) groups excluding carboxylic acids is 1. The molecule has 114 valence electrons. The largest absolute Gasteiger partial charge is 0.462 e. The van der Waals surface area contributed by atoms with E-state index in [0.29, 0.717) is 5.92 Å². The monoisotopic (exact) mass is 270 g/mol. The number of carbonyl (C=O) groups is 1. The highest BCUT2D eigenvalue weighted by Gasteiger charge is 2.42. The summed E-state index contributed by atoms with van der Waals surface area (Å²) in [5, 5.41) is 0. The number of ether oxygens (including phenoxy) is 1. The quantitative estimate of drug-likeness (QED) is 0.566. The van der Waals surface area contributed by atoms with Crippen LogP contribution < -0.4 is 0 Å². The summed E-state index contributed by atoms with van der Waals surface area (Å²) in [4.78, 5) is 12.6. The van der Waals surface area contributed by atoms with Gasteiger partial charge >= 0.3 is 5.97 Å². The maximum absolute atomic E-state index is 12.6. The van der Waals surface area contributed by atoms with Crippen LogP contribution in [-0.2, 0) is 9.53 Å². The Hall–Kier alpha value is -0.530. The van der Waals surface area contributed by atoms with Crippen molar-refractivity contribution < 1.29 is 9.53 Å². The van der Waals surface area contributed by atoms with E-state index in [-0.39, 0.29) is 22.9 Å². The standard InChI is InChI=1S/C17H34O2/c1-9-11-14(5)19-15(18)17(8,13(3)4)12-16(6,7)10-2/h13-14H,9-12H2,1-8H3. The van der Waals surface area contributed by atoms with E-state index in [9.17, 15) is 4.79 Å². The Balaban J connectivity index is 4.93. The summed E-state index contributed by atoms with van der Waals surface area (Å²) < 4.78 is 5.67. The van der Waals surface area contributed by atoms with E-state index in [1.807, 2.05) is 6.92 Å². The van der Waals surface area contributed by atoms with Crippen LogP contribution in [-0.4, -0.2) is 12.1 Å². The van der Waals surface area contributed by atoms with Crippen molar-refractivity contribution in [1.29, 1.82) is 0 Å². The van der Waals surface area contributed by atoms with Gasteiger partial charge in [0.05, 0.1) is 11.5 Å². The lowest BCUT2D eigenvalue weighted by Crippen LogP contribution is -2.40. The van der Waals surface area contributed by atoms with Gasteiger partial charge in [-0.2, -0.15) is 0 Å². The molecular formula is C17H34O2. The molecule has 0 fully saturated rings. The van der Waals surface area contributed by atoms with Crippen molar-refractivity contribution in [3.63, 3.8) is 0 Å². The fourth-order valence-electron chi connectivity index (χ4n) is 2.41. The molecule has 2 heteroatoms. The van der Waals surface area contributed by atoms with Crippen molar-refractivity contribution in [2.75, 3.05) is 0 Å². The molecule has 2 atom stereocenters. The Kier molecular flexibility index (Phi) is 7.10. The average Bonchev–Trinajstić information content (AvgIpc) is 2.28. The van der Waals surface area contributed by atoms with E-state index in [2.05, 4.69) is 48.5 Å². The minimum Gasteiger partial charge on any atom is -0.462 e. The van der Waals surface area contributed by atoms with Crippen molar-refractivity contribution in [3.05, 3.63) is 0 Å². The van der Waals surface area contributed by atoms with E-state index in [4.69, 9.17) is 4.74 Å². The molecular weight excluding hydrogens is 236 g/mol. The van der Waals surface area contributed by atoms with Gasteiger partial charge in [0, 0.05) is 0 Å². The van der Waals surface area contributed by atoms with E-state index in [1.54, 1.807) is 0 Å². The molecule has 0 aromatic rings. The van der Waals surface area contributed by atoms with Gasteiger partial charge in [-0.05, 0) is 38.0 Å². The molecule has 0 bridgehead atoms. The first kappa shape index (κ1) is 18.5. The summed E-state index contributed by atoms with van der Waals surface area (Å²) in [5.74, 6) is 0.268. The molecule has 0 saturated carbocycles. The first-order valence-electron chi connectivity index (χ1n) is 7.80. The number of esters is 1. The van der Waals surface area contributed by atoms with Crippen LogP contribution in [0.3, 0.4) is 0 Å². The fourth-order valence-corrected chi connectivity index (χ4v) is 2.41. The Morgan fingerprint density at radius 1 is 1.11 bits per heavy atom. The smallest absolute Gasteiger partial charge is 0.312 e. The molecule has 0 aromatic heterocycles. The summed E-state index contributed by atoms with van der Waals surface area (Å²) in [7, 11) is 0. The summed E-state index contributed by atoms with van der Waals surface area (Å²) in [6.07, 6.45) is 3.98. The SMILES string of the molecule is CCCC(C)OC(=O)C(C)(CC(C)(C)CC)C(C)C. The molecule has 2 unspecified atom stereocenters.